The largest absolute Gasteiger partial charge is 0.506 e. The van der Waals surface area contributed by atoms with E-state index in [9.17, 15) is 10.2 Å². The van der Waals surface area contributed by atoms with E-state index in [2.05, 4.69) is 41.2 Å². The Kier molecular flexibility index (Phi) is 7.61. The van der Waals surface area contributed by atoms with Crippen LogP contribution in [0.2, 0.25) is 0 Å². The molecule has 43 heavy (non-hydrogen) atoms. The zero-order chi connectivity index (χ0) is 30.1. The van der Waals surface area contributed by atoms with Gasteiger partial charge in [0.25, 0.3) is 0 Å². The average molecular weight is 575 g/mol. The van der Waals surface area contributed by atoms with Crippen molar-refractivity contribution in [1.82, 2.24) is 30.0 Å². The highest BCUT2D eigenvalue weighted by Crippen LogP contribution is 2.36. The zero-order valence-electron chi connectivity index (χ0n) is 25.2. The number of phenols is 2. The first-order valence-corrected chi connectivity index (χ1v) is 15.0. The van der Waals surface area contributed by atoms with Gasteiger partial charge in [0.05, 0.1) is 0 Å². The first-order chi connectivity index (χ1) is 20.7. The Balaban J connectivity index is 0.000000153. The summed E-state index contributed by atoms with van der Waals surface area (Å²) in [6.45, 7) is 8.35. The van der Waals surface area contributed by atoms with E-state index in [0.29, 0.717) is 17.3 Å². The molecule has 0 unspecified atom stereocenters. The topological polar surface area (TPSA) is 102 Å². The molecule has 1 aliphatic rings. The number of aromatic hydroxyl groups is 2. The van der Waals surface area contributed by atoms with Gasteiger partial charge in [-0.3, -0.25) is 0 Å². The Bertz CT molecular complexity index is 1830. The van der Waals surface area contributed by atoms with Crippen LogP contribution in [0.1, 0.15) is 75.5 Å². The third-order valence-electron chi connectivity index (χ3n) is 8.23. The smallest absolute Gasteiger partial charge is 0.146 e. The molecule has 1 aliphatic carbocycles. The van der Waals surface area contributed by atoms with E-state index in [1.54, 1.807) is 10.9 Å². The molecule has 1 fully saturated rings. The van der Waals surface area contributed by atoms with Crippen LogP contribution >= 0.6 is 0 Å². The molecule has 4 aromatic carbocycles. The van der Waals surface area contributed by atoms with E-state index in [0.717, 1.165) is 33.2 Å². The van der Waals surface area contributed by atoms with Crippen LogP contribution < -0.4 is 0 Å². The molecule has 0 aliphatic heterocycles. The zero-order valence-corrected chi connectivity index (χ0v) is 25.2. The number of benzene rings is 4. The molecule has 220 valence electrons. The molecule has 1 saturated carbocycles. The Morgan fingerprint density at radius 3 is 1.67 bits per heavy atom. The highest BCUT2D eigenvalue weighted by atomic mass is 16.3. The van der Waals surface area contributed by atoms with Gasteiger partial charge in [-0.05, 0) is 90.3 Å². The van der Waals surface area contributed by atoms with Gasteiger partial charge in [-0.15, -0.1) is 30.0 Å². The summed E-state index contributed by atoms with van der Waals surface area (Å²) in [4.78, 5) is 3.06. The molecule has 0 saturated heterocycles. The van der Waals surface area contributed by atoms with Crippen molar-refractivity contribution in [3.8, 4) is 22.9 Å². The summed E-state index contributed by atoms with van der Waals surface area (Å²) >= 11 is 0. The molecule has 2 aromatic heterocycles. The van der Waals surface area contributed by atoms with Crippen LogP contribution in [0.4, 0.5) is 0 Å². The molecule has 7 rings (SSSR count). The number of aromatic nitrogens is 6. The number of nitrogens with zero attached hydrogens (tertiary/aromatic N) is 6. The molecule has 0 atom stereocenters. The predicted molar refractivity (Wildman–Crippen MR) is 170 cm³/mol. The molecule has 2 heterocycles. The van der Waals surface area contributed by atoms with Gasteiger partial charge in [-0.1, -0.05) is 76.4 Å². The lowest BCUT2D eigenvalue weighted by Gasteiger charge is -2.22. The van der Waals surface area contributed by atoms with Crippen molar-refractivity contribution in [2.75, 3.05) is 0 Å². The average Bonchev–Trinajstić information content (AvgIpc) is 3.63. The summed E-state index contributed by atoms with van der Waals surface area (Å²) in [5.74, 6) is 1.04. The molecule has 2 N–H and O–H groups in total. The summed E-state index contributed by atoms with van der Waals surface area (Å²) in [5.41, 5.74) is 7.86. The Labute approximate surface area is 251 Å². The van der Waals surface area contributed by atoms with Gasteiger partial charge >= 0.3 is 0 Å². The van der Waals surface area contributed by atoms with Crippen LogP contribution in [0.15, 0.2) is 78.9 Å². The van der Waals surface area contributed by atoms with Crippen LogP contribution in [0.25, 0.3) is 33.4 Å². The summed E-state index contributed by atoms with van der Waals surface area (Å²) in [6.07, 6.45) is 6.40. The first-order valence-electron chi connectivity index (χ1n) is 15.0. The van der Waals surface area contributed by atoms with Gasteiger partial charge in [0.15, 0.2) is 0 Å². The van der Waals surface area contributed by atoms with Crippen molar-refractivity contribution in [3.05, 3.63) is 95.6 Å². The molecular formula is C35H38N6O2. The fraction of sp³-hybridized carbons (Fsp3) is 0.314. The highest BCUT2D eigenvalue weighted by molar-refractivity contribution is 5.74. The number of hydrogen-bond acceptors (Lipinski definition) is 6. The van der Waals surface area contributed by atoms with Crippen molar-refractivity contribution in [2.45, 2.75) is 71.1 Å². The van der Waals surface area contributed by atoms with Crippen LogP contribution in [0.3, 0.4) is 0 Å². The second kappa shape index (κ2) is 11.5. The number of rotatable bonds is 3. The maximum atomic E-state index is 10.4. The highest BCUT2D eigenvalue weighted by Gasteiger charge is 2.20. The van der Waals surface area contributed by atoms with Crippen LogP contribution in [0, 0.1) is 6.92 Å². The summed E-state index contributed by atoms with van der Waals surface area (Å²) in [5, 5.41) is 38.4. The number of fused-ring (bicyclic) bond motifs is 2. The minimum atomic E-state index is -0.000213. The van der Waals surface area contributed by atoms with E-state index < -0.39 is 0 Å². The van der Waals surface area contributed by atoms with E-state index in [4.69, 9.17) is 0 Å². The fourth-order valence-electron chi connectivity index (χ4n) is 5.67. The third-order valence-corrected chi connectivity index (χ3v) is 8.23. The number of phenolic OH excluding ortho intramolecular Hbond substituents is 2. The quantitative estimate of drug-likeness (QED) is 0.223. The normalized spacial score (nSPS) is 14.1. The lowest BCUT2D eigenvalue weighted by atomic mass is 9.84. The molecule has 0 amide bonds. The summed E-state index contributed by atoms with van der Waals surface area (Å²) in [7, 11) is 0. The Morgan fingerprint density at radius 1 is 0.651 bits per heavy atom. The van der Waals surface area contributed by atoms with Gasteiger partial charge in [0.2, 0.25) is 0 Å². The molecular weight excluding hydrogens is 536 g/mol. The SMILES string of the molecule is Cc1cc(C(C)(C)C)cc(-n2nc3ccccc3n2)c1O.Oc1ccc(C2CCCCC2)cc1-n1nc2ccccc2n1. The van der Waals surface area contributed by atoms with E-state index >= 15 is 0 Å². The van der Waals surface area contributed by atoms with Gasteiger partial charge in [-0.2, -0.15) is 0 Å². The van der Waals surface area contributed by atoms with Crippen LogP contribution in [0.5, 0.6) is 11.5 Å². The van der Waals surface area contributed by atoms with Gasteiger partial charge in [-0.25, -0.2) is 0 Å². The van der Waals surface area contributed by atoms with Gasteiger partial charge < -0.3 is 10.2 Å². The lowest BCUT2D eigenvalue weighted by molar-refractivity contribution is 0.440. The number of hydrogen-bond donors (Lipinski definition) is 2. The maximum Gasteiger partial charge on any atom is 0.146 e. The van der Waals surface area contributed by atoms with Crippen molar-refractivity contribution in [3.63, 3.8) is 0 Å². The second-order valence-corrected chi connectivity index (χ2v) is 12.5. The van der Waals surface area contributed by atoms with Gasteiger partial charge in [0, 0.05) is 0 Å². The molecule has 8 nitrogen and oxygen atoms in total. The Morgan fingerprint density at radius 2 is 1.16 bits per heavy atom. The maximum absolute atomic E-state index is 10.4. The van der Waals surface area contributed by atoms with Crippen molar-refractivity contribution >= 4 is 22.1 Å². The van der Waals surface area contributed by atoms with E-state index in [-0.39, 0.29) is 16.9 Å². The van der Waals surface area contributed by atoms with E-state index in [1.807, 2.05) is 79.7 Å². The monoisotopic (exact) mass is 574 g/mol. The molecule has 0 radical (unpaired) electrons. The fourth-order valence-corrected chi connectivity index (χ4v) is 5.67. The predicted octanol–water partition coefficient (Wildman–Crippen LogP) is 7.91. The molecule has 0 bridgehead atoms. The molecule has 8 heteroatoms. The minimum absolute atomic E-state index is 0.000213. The van der Waals surface area contributed by atoms with Crippen LogP contribution in [-0.4, -0.2) is 40.2 Å². The Hall–Kier alpha value is -4.72. The van der Waals surface area contributed by atoms with Crippen molar-refractivity contribution in [1.29, 1.82) is 0 Å². The standard InChI is InChI=1S/C18H19N3O.C17H19N3O/c22-18-11-10-14(13-6-2-1-3-7-13)12-17(18)21-19-15-8-4-5-9-16(15)20-21;1-11-9-12(17(2,3)4)10-15(16(11)21)20-18-13-7-5-6-8-14(13)19-20/h4-5,8-13,22H,1-3,6-7H2;5-10,21H,1-4H3. The summed E-state index contributed by atoms with van der Waals surface area (Å²) in [6, 6.07) is 25.3. The number of aryl methyl sites for hydroxylation is 1. The first kappa shape index (κ1) is 28.4. The van der Waals surface area contributed by atoms with Crippen molar-refractivity contribution in [2.24, 2.45) is 0 Å². The van der Waals surface area contributed by atoms with Crippen LogP contribution in [-0.2, 0) is 5.41 Å². The van der Waals surface area contributed by atoms with Gasteiger partial charge in [0.1, 0.15) is 44.9 Å². The third kappa shape index (κ3) is 5.95. The van der Waals surface area contributed by atoms with E-state index in [1.165, 1.54) is 42.5 Å². The second-order valence-electron chi connectivity index (χ2n) is 12.5. The molecule has 6 aromatic rings. The molecule has 0 spiro atoms. The summed E-state index contributed by atoms with van der Waals surface area (Å²) < 4.78 is 0. The lowest BCUT2D eigenvalue weighted by Crippen LogP contribution is -2.13. The van der Waals surface area contributed by atoms with Crippen molar-refractivity contribution < 1.29 is 10.2 Å². The minimum Gasteiger partial charge on any atom is -0.506 e.